The van der Waals surface area contributed by atoms with Gasteiger partial charge in [-0.25, -0.2) is 4.98 Å². The van der Waals surface area contributed by atoms with E-state index in [2.05, 4.69) is 4.98 Å². The molecule has 0 aliphatic heterocycles. The molecule has 17 heavy (non-hydrogen) atoms. The maximum atomic E-state index is 10.6. The molecule has 6 heteroatoms. The van der Waals surface area contributed by atoms with Crippen LogP contribution in [0, 0.1) is 17.0 Å². The number of hydrogen-bond donors (Lipinski definition) is 0. The standard InChI is InChI=1S/C11H17N3O3/c1-9-7-11(12-8-10(9)14(15)16)13(2)5-4-6-17-3/h7-8H,4-6H2,1-3H3. The van der Waals surface area contributed by atoms with Crippen LogP contribution in [0.25, 0.3) is 0 Å². The Balaban J connectivity index is 2.72. The summed E-state index contributed by atoms with van der Waals surface area (Å²) in [6, 6.07) is 1.73. The van der Waals surface area contributed by atoms with Crippen LogP contribution in [0.5, 0.6) is 0 Å². The number of nitrogens with zero attached hydrogens (tertiary/aromatic N) is 3. The average molecular weight is 239 g/mol. The summed E-state index contributed by atoms with van der Waals surface area (Å²) in [5, 5.41) is 10.6. The zero-order valence-corrected chi connectivity index (χ0v) is 10.3. The summed E-state index contributed by atoms with van der Waals surface area (Å²) in [5.41, 5.74) is 0.678. The van der Waals surface area contributed by atoms with Gasteiger partial charge in [-0.05, 0) is 19.4 Å². The number of hydrogen-bond acceptors (Lipinski definition) is 5. The molecule has 0 bridgehead atoms. The fourth-order valence-electron chi connectivity index (χ4n) is 1.49. The van der Waals surface area contributed by atoms with E-state index < -0.39 is 4.92 Å². The number of pyridine rings is 1. The van der Waals surface area contributed by atoms with E-state index in [1.807, 2.05) is 11.9 Å². The molecule has 0 N–H and O–H groups in total. The largest absolute Gasteiger partial charge is 0.385 e. The van der Waals surface area contributed by atoms with Crippen LogP contribution >= 0.6 is 0 Å². The average Bonchev–Trinajstić information content (AvgIpc) is 2.28. The van der Waals surface area contributed by atoms with E-state index in [0.29, 0.717) is 12.2 Å². The molecule has 1 aromatic rings. The fraction of sp³-hybridized carbons (Fsp3) is 0.545. The molecule has 0 fully saturated rings. The molecule has 1 aromatic heterocycles. The van der Waals surface area contributed by atoms with Crippen LogP contribution in [0.3, 0.4) is 0 Å². The normalized spacial score (nSPS) is 10.3. The Labute approximate surface area is 100 Å². The topological polar surface area (TPSA) is 68.5 Å². The summed E-state index contributed by atoms with van der Waals surface area (Å²) in [6.45, 7) is 3.21. The minimum atomic E-state index is -0.420. The van der Waals surface area contributed by atoms with Gasteiger partial charge < -0.3 is 9.64 Å². The van der Waals surface area contributed by atoms with Crippen molar-refractivity contribution in [2.45, 2.75) is 13.3 Å². The van der Waals surface area contributed by atoms with Crippen molar-refractivity contribution in [2.75, 3.05) is 32.2 Å². The molecule has 0 radical (unpaired) electrons. The third-order valence-corrected chi connectivity index (χ3v) is 2.50. The molecular formula is C11H17N3O3. The molecule has 6 nitrogen and oxygen atoms in total. The van der Waals surface area contributed by atoms with Crippen molar-refractivity contribution in [3.63, 3.8) is 0 Å². The first-order valence-corrected chi connectivity index (χ1v) is 5.37. The molecule has 0 atom stereocenters. The fourth-order valence-corrected chi connectivity index (χ4v) is 1.49. The first kappa shape index (κ1) is 13.4. The Morgan fingerprint density at radius 3 is 2.82 bits per heavy atom. The van der Waals surface area contributed by atoms with Crippen molar-refractivity contribution < 1.29 is 9.66 Å². The molecule has 0 aliphatic rings. The van der Waals surface area contributed by atoms with Gasteiger partial charge in [0.05, 0.1) is 4.92 Å². The SMILES string of the molecule is COCCCN(C)c1cc(C)c([N+](=O)[O-])cn1. The number of nitro groups is 1. The predicted molar refractivity (Wildman–Crippen MR) is 65.4 cm³/mol. The van der Waals surface area contributed by atoms with E-state index in [4.69, 9.17) is 4.74 Å². The highest BCUT2D eigenvalue weighted by atomic mass is 16.6. The van der Waals surface area contributed by atoms with E-state index in [1.54, 1.807) is 20.1 Å². The van der Waals surface area contributed by atoms with Crippen molar-refractivity contribution >= 4 is 11.5 Å². The van der Waals surface area contributed by atoms with Gasteiger partial charge in [0.25, 0.3) is 5.69 Å². The molecular weight excluding hydrogens is 222 g/mol. The summed E-state index contributed by atoms with van der Waals surface area (Å²) in [7, 11) is 3.57. The summed E-state index contributed by atoms with van der Waals surface area (Å²) in [4.78, 5) is 16.3. The Morgan fingerprint density at radius 1 is 1.59 bits per heavy atom. The van der Waals surface area contributed by atoms with Crippen molar-refractivity contribution in [1.29, 1.82) is 0 Å². The van der Waals surface area contributed by atoms with Gasteiger partial charge in [-0.3, -0.25) is 10.1 Å². The Hall–Kier alpha value is -1.69. The van der Waals surface area contributed by atoms with E-state index >= 15 is 0 Å². The zero-order chi connectivity index (χ0) is 12.8. The van der Waals surface area contributed by atoms with Gasteiger partial charge >= 0.3 is 0 Å². The molecule has 0 unspecified atom stereocenters. The third-order valence-electron chi connectivity index (χ3n) is 2.50. The molecule has 0 saturated heterocycles. The van der Waals surface area contributed by atoms with Crippen LogP contribution in [-0.2, 0) is 4.74 Å². The number of aryl methyl sites for hydroxylation is 1. The monoisotopic (exact) mass is 239 g/mol. The lowest BCUT2D eigenvalue weighted by molar-refractivity contribution is -0.385. The van der Waals surface area contributed by atoms with Gasteiger partial charge in [-0.15, -0.1) is 0 Å². The van der Waals surface area contributed by atoms with Crippen molar-refractivity contribution in [3.8, 4) is 0 Å². The highest BCUT2D eigenvalue weighted by Gasteiger charge is 2.12. The van der Waals surface area contributed by atoms with Crippen molar-refractivity contribution in [2.24, 2.45) is 0 Å². The van der Waals surface area contributed by atoms with Gasteiger partial charge in [0.15, 0.2) is 0 Å². The predicted octanol–water partition coefficient (Wildman–Crippen LogP) is 1.77. The minimum Gasteiger partial charge on any atom is -0.385 e. The molecule has 0 aliphatic carbocycles. The molecule has 94 valence electrons. The Kier molecular flexibility index (Phi) is 4.84. The molecule has 1 rings (SSSR count). The van der Waals surface area contributed by atoms with Crippen LogP contribution < -0.4 is 4.90 Å². The van der Waals surface area contributed by atoms with E-state index in [-0.39, 0.29) is 5.69 Å². The first-order valence-electron chi connectivity index (χ1n) is 5.37. The maximum absolute atomic E-state index is 10.6. The maximum Gasteiger partial charge on any atom is 0.290 e. The lowest BCUT2D eigenvalue weighted by atomic mass is 10.2. The molecule has 0 amide bonds. The number of anilines is 1. The van der Waals surface area contributed by atoms with Gasteiger partial charge in [0.1, 0.15) is 12.0 Å². The first-order chi connectivity index (χ1) is 8.06. The van der Waals surface area contributed by atoms with Gasteiger partial charge in [-0.2, -0.15) is 0 Å². The van der Waals surface area contributed by atoms with E-state index in [0.717, 1.165) is 18.8 Å². The number of ether oxygens (including phenoxy) is 1. The second-order valence-corrected chi connectivity index (χ2v) is 3.85. The summed E-state index contributed by atoms with van der Waals surface area (Å²) < 4.78 is 4.97. The van der Waals surface area contributed by atoms with Crippen LogP contribution in [0.2, 0.25) is 0 Å². The van der Waals surface area contributed by atoms with Gasteiger partial charge in [-0.1, -0.05) is 0 Å². The summed E-state index contributed by atoms with van der Waals surface area (Å²) >= 11 is 0. The third kappa shape index (κ3) is 3.67. The Bertz CT molecular complexity index is 396. The second-order valence-electron chi connectivity index (χ2n) is 3.85. The second kappa shape index (κ2) is 6.15. The number of aromatic nitrogens is 1. The lowest BCUT2D eigenvalue weighted by Crippen LogP contribution is -2.21. The van der Waals surface area contributed by atoms with Crippen molar-refractivity contribution in [3.05, 3.63) is 27.9 Å². The molecule has 0 spiro atoms. The van der Waals surface area contributed by atoms with E-state index in [1.165, 1.54) is 6.20 Å². The minimum absolute atomic E-state index is 0.0547. The Morgan fingerprint density at radius 2 is 2.29 bits per heavy atom. The van der Waals surface area contributed by atoms with E-state index in [9.17, 15) is 10.1 Å². The lowest BCUT2D eigenvalue weighted by Gasteiger charge is -2.18. The van der Waals surface area contributed by atoms with Crippen LogP contribution in [0.1, 0.15) is 12.0 Å². The number of methoxy groups -OCH3 is 1. The summed E-state index contributed by atoms with van der Waals surface area (Å²) in [5.74, 6) is 0.740. The van der Waals surface area contributed by atoms with Crippen molar-refractivity contribution in [1.82, 2.24) is 4.98 Å². The highest BCUT2D eigenvalue weighted by molar-refractivity contribution is 5.48. The zero-order valence-electron chi connectivity index (χ0n) is 10.3. The molecule has 1 heterocycles. The quantitative estimate of drug-likeness (QED) is 0.430. The smallest absolute Gasteiger partial charge is 0.290 e. The van der Waals surface area contributed by atoms with Crippen LogP contribution in [0.4, 0.5) is 11.5 Å². The van der Waals surface area contributed by atoms with Crippen LogP contribution in [-0.4, -0.2) is 37.2 Å². The van der Waals surface area contributed by atoms with Crippen LogP contribution in [0.15, 0.2) is 12.3 Å². The number of rotatable bonds is 6. The van der Waals surface area contributed by atoms with Gasteiger partial charge in [0, 0.05) is 32.9 Å². The van der Waals surface area contributed by atoms with Gasteiger partial charge in [0.2, 0.25) is 0 Å². The molecule has 0 saturated carbocycles. The summed E-state index contributed by atoms with van der Waals surface area (Å²) in [6.07, 6.45) is 2.20. The highest BCUT2D eigenvalue weighted by Crippen LogP contribution is 2.20. The molecule has 0 aromatic carbocycles.